The van der Waals surface area contributed by atoms with Crippen LogP contribution in [0.2, 0.25) is 30.7 Å². The van der Waals surface area contributed by atoms with Crippen LogP contribution in [0, 0.1) is 5.41 Å². The Labute approximate surface area is 362 Å². The Balaban J connectivity index is 0.998. The summed E-state index contributed by atoms with van der Waals surface area (Å²) in [6.45, 7) is 22.3. The van der Waals surface area contributed by atoms with Gasteiger partial charge in [0.05, 0.1) is 25.0 Å². The highest BCUT2D eigenvalue weighted by atomic mass is 35.5. The number of nitrogens with one attached hydrogen (secondary N) is 1. The topological polar surface area (TPSA) is 87.6 Å². The summed E-state index contributed by atoms with van der Waals surface area (Å²) in [7, 11) is 0.264. The monoisotopic (exact) mass is 853 g/mol. The van der Waals surface area contributed by atoms with Crippen LogP contribution >= 0.6 is 11.6 Å². The van der Waals surface area contributed by atoms with Crippen LogP contribution in [0.5, 0.6) is 5.88 Å². The van der Waals surface area contributed by atoms with Crippen LogP contribution in [0.4, 0.5) is 17.1 Å². The molecule has 0 bridgehead atoms. The zero-order valence-corrected chi connectivity index (χ0v) is 38.2. The van der Waals surface area contributed by atoms with Crippen molar-refractivity contribution in [3.8, 4) is 5.88 Å². The van der Waals surface area contributed by atoms with Gasteiger partial charge in [0.1, 0.15) is 18.1 Å². The Bertz CT molecular complexity index is 2160. The fourth-order valence-electron chi connectivity index (χ4n) is 9.37. The minimum absolute atomic E-state index is 0.248. The van der Waals surface area contributed by atoms with Gasteiger partial charge in [-0.1, -0.05) is 55.9 Å². The molecule has 2 aromatic carbocycles. The first-order valence-electron chi connectivity index (χ1n) is 22.0. The van der Waals surface area contributed by atoms with Crippen molar-refractivity contribution in [2.24, 2.45) is 5.41 Å². The second-order valence-corrected chi connectivity index (χ2v) is 24.8. The maximum Gasteiger partial charge on any atom is 0.339 e. The molecule has 0 amide bonds. The molecule has 8 rings (SSSR count). The van der Waals surface area contributed by atoms with Gasteiger partial charge in [0.2, 0.25) is 5.88 Å². The van der Waals surface area contributed by atoms with E-state index in [0.717, 1.165) is 130 Å². The number of fused-ring (bicyclic) bond motifs is 2. The summed E-state index contributed by atoms with van der Waals surface area (Å²) in [5, 5.41) is 5.30. The number of hydrogen-bond donors (Lipinski definition) is 1. The van der Waals surface area contributed by atoms with Crippen LogP contribution in [-0.4, -0.2) is 126 Å². The van der Waals surface area contributed by atoms with Crippen LogP contribution in [0.1, 0.15) is 48.5 Å². The van der Waals surface area contributed by atoms with Crippen molar-refractivity contribution in [1.29, 1.82) is 0 Å². The summed E-state index contributed by atoms with van der Waals surface area (Å²) < 4.78 is 19.8. The fraction of sp³-hybridized carbons (Fsp3) is 0.532. The van der Waals surface area contributed by atoms with Gasteiger partial charge in [0.25, 0.3) is 0 Å². The first-order chi connectivity index (χ1) is 28.9. The second-order valence-electron chi connectivity index (χ2n) is 18.8. The molecule has 322 valence electrons. The first kappa shape index (κ1) is 42.8. The summed E-state index contributed by atoms with van der Waals surface area (Å²) in [5.41, 5.74) is 8.77. The van der Waals surface area contributed by atoms with E-state index in [1.54, 1.807) is 5.57 Å². The highest BCUT2D eigenvalue weighted by Gasteiger charge is 2.35. The van der Waals surface area contributed by atoms with Crippen LogP contribution < -0.4 is 19.9 Å². The molecule has 4 aliphatic rings. The molecule has 1 atom stereocenters. The highest BCUT2D eigenvalue weighted by molar-refractivity contribution is 6.76. The fourth-order valence-corrected chi connectivity index (χ4v) is 10.3. The van der Waals surface area contributed by atoms with Gasteiger partial charge in [-0.05, 0) is 90.7 Å². The molecule has 4 aromatic rings. The van der Waals surface area contributed by atoms with Crippen LogP contribution in [0.15, 0.2) is 66.4 Å². The number of allylic oxidation sites excluding steroid dienone is 1. The van der Waals surface area contributed by atoms with Crippen molar-refractivity contribution in [2.45, 2.75) is 65.0 Å². The van der Waals surface area contributed by atoms with Crippen molar-refractivity contribution >= 4 is 59.3 Å². The number of carbonyl (C=O) groups is 1. The maximum atomic E-state index is 13.3. The number of hydrogen-bond acceptors (Lipinski definition) is 10. The minimum atomic E-state index is -1.19. The molecule has 0 saturated carbocycles. The molecule has 60 heavy (non-hydrogen) atoms. The Morgan fingerprint density at radius 2 is 1.73 bits per heavy atom. The van der Waals surface area contributed by atoms with E-state index in [9.17, 15) is 4.79 Å². The number of benzene rings is 2. The SMILES string of the molecule is COC(=O)c1ccc(N2CCN(CC3=C(c4ccc(Cl)cc4)CC(C)(CN4CCNCC4)CC3)CC2)cc1N1CCCOc2nc3c(ccn3COCC[Si](C)(C)C)cc21. The number of anilines is 3. The zero-order chi connectivity index (χ0) is 41.9. The van der Waals surface area contributed by atoms with E-state index in [-0.39, 0.29) is 11.4 Å². The standard InChI is InChI=1S/C47H64ClN7O4Si/c1-47(33-52-20-16-49-17-21-52)15-13-37(41(31-47)35-7-9-38(48)10-8-35)32-51-22-24-53(25-23-51)39-11-12-40(46(56)57-2)42(30-39)55-18-6-26-59-45-43(55)29-36-14-19-54(44(36)50-45)34-58-27-28-60(3,4)5/h7-12,14,19,29-30,49H,6,13,15-18,20-28,31-34H2,1-5H3. The van der Waals surface area contributed by atoms with Gasteiger partial charge in [0.15, 0.2) is 0 Å². The number of carbonyl (C=O) groups excluding carboxylic acids is 1. The number of methoxy groups -OCH3 is 1. The lowest BCUT2D eigenvalue weighted by Crippen LogP contribution is -2.48. The van der Waals surface area contributed by atoms with Gasteiger partial charge in [0, 0.05) is 109 Å². The summed E-state index contributed by atoms with van der Waals surface area (Å²) in [6.07, 6.45) is 6.24. The van der Waals surface area contributed by atoms with Crippen LogP contribution in [0.25, 0.3) is 16.6 Å². The van der Waals surface area contributed by atoms with Crippen molar-refractivity contribution in [3.05, 3.63) is 82.5 Å². The number of piperazine rings is 2. The Kier molecular flexibility index (Phi) is 13.3. The molecule has 5 heterocycles. The molecule has 1 N–H and O–H groups in total. The number of esters is 1. The number of rotatable bonds is 13. The smallest absolute Gasteiger partial charge is 0.339 e. The molecular formula is C47H64ClN7O4Si. The third kappa shape index (κ3) is 10.1. The van der Waals surface area contributed by atoms with Crippen molar-refractivity contribution in [2.75, 3.05) is 102 Å². The number of nitrogens with zero attached hydrogens (tertiary/aromatic N) is 6. The minimum Gasteiger partial charge on any atom is -0.476 e. The van der Waals surface area contributed by atoms with E-state index in [0.29, 0.717) is 31.3 Å². The number of ether oxygens (including phenoxy) is 3. The third-order valence-electron chi connectivity index (χ3n) is 12.9. The third-order valence-corrected chi connectivity index (χ3v) is 14.8. The Morgan fingerprint density at radius 1 is 0.950 bits per heavy atom. The lowest BCUT2D eigenvalue weighted by Gasteiger charge is -2.43. The lowest BCUT2D eigenvalue weighted by molar-refractivity contribution is 0.0601. The molecular weight excluding hydrogens is 790 g/mol. The van der Waals surface area contributed by atoms with Crippen molar-refractivity contribution in [3.63, 3.8) is 0 Å². The molecule has 13 heteroatoms. The lowest BCUT2D eigenvalue weighted by atomic mass is 9.70. The molecule has 1 unspecified atom stereocenters. The summed E-state index contributed by atoms with van der Waals surface area (Å²) >= 11 is 6.38. The van der Waals surface area contributed by atoms with Gasteiger partial charge < -0.3 is 38.8 Å². The van der Waals surface area contributed by atoms with Gasteiger partial charge in [-0.3, -0.25) is 4.90 Å². The van der Waals surface area contributed by atoms with E-state index >= 15 is 0 Å². The summed E-state index contributed by atoms with van der Waals surface area (Å²) in [6, 6.07) is 20.0. The molecule has 0 radical (unpaired) electrons. The zero-order valence-electron chi connectivity index (χ0n) is 36.4. The van der Waals surface area contributed by atoms with E-state index in [1.165, 1.54) is 24.7 Å². The molecule has 1 aliphatic carbocycles. The van der Waals surface area contributed by atoms with Crippen molar-refractivity contribution in [1.82, 2.24) is 24.7 Å². The van der Waals surface area contributed by atoms with Gasteiger partial charge in [-0.2, -0.15) is 4.98 Å². The van der Waals surface area contributed by atoms with E-state index in [1.807, 2.05) is 29.0 Å². The molecule has 2 saturated heterocycles. The molecule has 11 nitrogen and oxygen atoms in total. The quantitative estimate of drug-likeness (QED) is 0.0805. The first-order valence-corrected chi connectivity index (χ1v) is 26.1. The predicted molar refractivity (Wildman–Crippen MR) is 247 cm³/mol. The molecule has 0 spiro atoms. The summed E-state index contributed by atoms with van der Waals surface area (Å²) in [4.78, 5) is 28.3. The van der Waals surface area contributed by atoms with Gasteiger partial charge in [-0.15, -0.1) is 0 Å². The largest absolute Gasteiger partial charge is 0.476 e. The summed E-state index contributed by atoms with van der Waals surface area (Å²) in [5.74, 6) is 0.209. The van der Waals surface area contributed by atoms with E-state index in [4.69, 9.17) is 30.8 Å². The second kappa shape index (κ2) is 18.6. The van der Waals surface area contributed by atoms with Gasteiger partial charge >= 0.3 is 5.97 Å². The molecule has 2 fully saturated rings. The predicted octanol–water partition coefficient (Wildman–Crippen LogP) is 8.38. The van der Waals surface area contributed by atoms with Gasteiger partial charge in [-0.25, -0.2) is 4.79 Å². The highest BCUT2D eigenvalue weighted by Crippen LogP contribution is 2.45. The number of halogens is 1. The van der Waals surface area contributed by atoms with E-state index < -0.39 is 8.07 Å². The number of aromatic nitrogens is 2. The average Bonchev–Trinajstić information content (AvgIpc) is 3.52. The number of pyridine rings is 1. The van der Waals surface area contributed by atoms with Crippen LogP contribution in [0.3, 0.4) is 0 Å². The normalized spacial score (nSPS) is 20.9. The van der Waals surface area contributed by atoms with Crippen molar-refractivity contribution < 1.29 is 19.0 Å². The maximum absolute atomic E-state index is 13.3. The Hall–Kier alpha value is -3.91. The molecule has 2 aromatic heterocycles. The van der Waals surface area contributed by atoms with E-state index in [2.05, 4.69) is 87.9 Å². The average molecular weight is 855 g/mol. The van der Waals surface area contributed by atoms with Crippen LogP contribution in [-0.2, 0) is 16.2 Å². The Morgan fingerprint density at radius 3 is 2.48 bits per heavy atom. The molecule has 3 aliphatic heterocycles.